The quantitative estimate of drug-likeness (QED) is 0.842. The SMILES string of the molecule is CC(C)N1CCN(C(=O)COc2ccccc2C#N)CC1. The van der Waals surface area contributed by atoms with Gasteiger partial charge in [-0.25, -0.2) is 0 Å². The lowest BCUT2D eigenvalue weighted by Gasteiger charge is -2.36. The number of piperazine rings is 1. The Kier molecular flexibility index (Phi) is 5.18. The van der Waals surface area contributed by atoms with Gasteiger partial charge in [0.05, 0.1) is 5.56 Å². The summed E-state index contributed by atoms with van der Waals surface area (Å²) in [5, 5.41) is 8.98. The van der Waals surface area contributed by atoms with Gasteiger partial charge >= 0.3 is 0 Å². The van der Waals surface area contributed by atoms with Crippen molar-refractivity contribution in [1.82, 2.24) is 9.80 Å². The van der Waals surface area contributed by atoms with E-state index in [4.69, 9.17) is 10.00 Å². The molecule has 0 aliphatic carbocycles. The van der Waals surface area contributed by atoms with Gasteiger partial charge in [-0.05, 0) is 26.0 Å². The second-order valence-corrected chi connectivity index (χ2v) is 5.41. The fourth-order valence-electron chi connectivity index (χ4n) is 2.40. The summed E-state index contributed by atoms with van der Waals surface area (Å²) in [5.74, 6) is 0.445. The molecular formula is C16H21N3O2. The standard InChI is InChI=1S/C16H21N3O2/c1-13(2)18-7-9-19(10-8-18)16(20)12-21-15-6-4-3-5-14(15)11-17/h3-6,13H,7-10,12H2,1-2H3. The number of nitriles is 1. The van der Waals surface area contributed by atoms with E-state index in [9.17, 15) is 4.79 Å². The number of nitrogens with zero attached hydrogens (tertiary/aromatic N) is 3. The summed E-state index contributed by atoms with van der Waals surface area (Å²) in [6.07, 6.45) is 0. The van der Waals surface area contributed by atoms with Crippen molar-refractivity contribution in [3.63, 3.8) is 0 Å². The van der Waals surface area contributed by atoms with Crippen LogP contribution in [0.2, 0.25) is 0 Å². The van der Waals surface area contributed by atoms with Gasteiger partial charge in [0, 0.05) is 32.2 Å². The van der Waals surface area contributed by atoms with Gasteiger partial charge in [0.1, 0.15) is 11.8 Å². The third-order valence-corrected chi connectivity index (χ3v) is 3.76. The predicted octanol–water partition coefficient (Wildman–Crippen LogP) is 1.49. The molecule has 1 aliphatic rings. The summed E-state index contributed by atoms with van der Waals surface area (Å²) in [6, 6.07) is 9.54. The molecule has 5 nitrogen and oxygen atoms in total. The summed E-state index contributed by atoms with van der Waals surface area (Å²) in [6.45, 7) is 7.59. The van der Waals surface area contributed by atoms with Crippen molar-refractivity contribution in [3.8, 4) is 11.8 Å². The Bertz CT molecular complexity index is 529. The number of carbonyl (C=O) groups excluding carboxylic acids is 1. The second-order valence-electron chi connectivity index (χ2n) is 5.41. The molecule has 0 unspecified atom stereocenters. The van der Waals surface area contributed by atoms with E-state index in [1.54, 1.807) is 24.3 Å². The largest absolute Gasteiger partial charge is 0.482 e. The molecule has 0 saturated carbocycles. The predicted molar refractivity (Wildman–Crippen MR) is 79.9 cm³/mol. The van der Waals surface area contributed by atoms with Gasteiger partial charge in [0.2, 0.25) is 0 Å². The normalized spacial score (nSPS) is 15.8. The van der Waals surface area contributed by atoms with Crippen molar-refractivity contribution in [1.29, 1.82) is 5.26 Å². The summed E-state index contributed by atoms with van der Waals surface area (Å²) < 4.78 is 5.49. The first-order valence-electron chi connectivity index (χ1n) is 7.25. The zero-order valence-corrected chi connectivity index (χ0v) is 12.6. The molecule has 1 aromatic carbocycles. The maximum absolute atomic E-state index is 12.1. The van der Waals surface area contributed by atoms with Crippen LogP contribution in [0.3, 0.4) is 0 Å². The molecule has 0 radical (unpaired) electrons. The first-order valence-corrected chi connectivity index (χ1v) is 7.25. The van der Waals surface area contributed by atoms with Crippen LogP contribution < -0.4 is 4.74 Å². The molecule has 0 aromatic heterocycles. The maximum Gasteiger partial charge on any atom is 0.260 e. The molecule has 1 fully saturated rings. The number of hydrogen-bond acceptors (Lipinski definition) is 4. The number of benzene rings is 1. The number of para-hydroxylation sites is 1. The molecule has 0 spiro atoms. The molecule has 0 N–H and O–H groups in total. The molecule has 21 heavy (non-hydrogen) atoms. The Morgan fingerprint density at radius 2 is 1.95 bits per heavy atom. The molecule has 1 saturated heterocycles. The first-order chi connectivity index (χ1) is 10.1. The number of hydrogen-bond donors (Lipinski definition) is 0. The lowest BCUT2D eigenvalue weighted by atomic mass is 10.2. The second kappa shape index (κ2) is 7.09. The van der Waals surface area contributed by atoms with Crippen molar-refractivity contribution in [2.75, 3.05) is 32.8 Å². The van der Waals surface area contributed by atoms with Crippen LogP contribution >= 0.6 is 0 Å². The number of carbonyl (C=O) groups is 1. The fourth-order valence-corrected chi connectivity index (χ4v) is 2.40. The average molecular weight is 287 g/mol. The van der Waals surface area contributed by atoms with Gasteiger partial charge in [-0.15, -0.1) is 0 Å². The van der Waals surface area contributed by atoms with Gasteiger partial charge in [0.25, 0.3) is 5.91 Å². The monoisotopic (exact) mass is 287 g/mol. The van der Waals surface area contributed by atoms with E-state index in [1.807, 2.05) is 4.90 Å². The van der Waals surface area contributed by atoms with Gasteiger partial charge in [-0.1, -0.05) is 12.1 Å². The highest BCUT2D eigenvalue weighted by Crippen LogP contribution is 2.16. The number of rotatable bonds is 4. The van der Waals surface area contributed by atoms with Crippen molar-refractivity contribution in [2.45, 2.75) is 19.9 Å². The number of amides is 1. The Hall–Kier alpha value is -2.06. The van der Waals surface area contributed by atoms with E-state index in [0.717, 1.165) is 26.2 Å². The van der Waals surface area contributed by atoms with Gasteiger partial charge < -0.3 is 9.64 Å². The van der Waals surface area contributed by atoms with E-state index in [2.05, 4.69) is 24.8 Å². The van der Waals surface area contributed by atoms with E-state index < -0.39 is 0 Å². The zero-order chi connectivity index (χ0) is 15.2. The summed E-state index contributed by atoms with van der Waals surface area (Å²) in [5.41, 5.74) is 0.454. The topological polar surface area (TPSA) is 56.6 Å². The molecule has 1 aliphatic heterocycles. The molecule has 5 heteroatoms. The smallest absolute Gasteiger partial charge is 0.260 e. The van der Waals surface area contributed by atoms with Crippen LogP contribution in [0.15, 0.2) is 24.3 Å². The van der Waals surface area contributed by atoms with Crippen LogP contribution in [0.5, 0.6) is 5.75 Å². The lowest BCUT2D eigenvalue weighted by Crippen LogP contribution is -2.51. The lowest BCUT2D eigenvalue weighted by molar-refractivity contribution is -0.135. The van der Waals surface area contributed by atoms with E-state index >= 15 is 0 Å². The third kappa shape index (κ3) is 3.96. The van der Waals surface area contributed by atoms with Gasteiger partial charge in [-0.3, -0.25) is 9.69 Å². The van der Waals surface area contributed by atoms with Gasteiger partial charge in [-0.2, -0.15) is 5.26 Å². The minimum Gasteiger partial charge on any atom is -0.482 e. The highest BCUT2D eigenvalue weighted by molar-refractivity contribution is 5.78. The molecule has 1 aromatic rings. The molecule has 0 bridgehead atoms. The van der Waals surface area contributed by atoms with Crippen molar-refractivity contribution in [2.24, 2.45) is 0 Å². The summed E-state index contributed by atoms with van der Waals surface area (Å²) >= 11 is 0. The maximum atomic E-state index is 12.1. The Morgan fingerprint density at radius 3 is 2.57 bits per heavy atom. The molecular weight excluding hydrogens is 266 g/mol. The molecule has 112 valence electrons. The van der Waals surface area contributed by atoms with Crippen LogP contribution in [-0.2, 0) is 4.79 Å². The van der Waals surface area contributed by atoms with Crippen LogP contribution in [0, 0.1) is 11.3 Å². The average Bonchev–Trinajstić information content (AvgIpc) is 2.52. The first kappa shape index (κ1) is 15.3. The van der Waals surface area contributed by atoms with E-state index in [-0.39, 0.29) is 12.5 Å². The molecule has 0 atom stereocenters. The minimum absolute atomic E-state index is 0.0135. The van der Waals surface area contributed by atoms with E-state index in [1.165, 1.54) is 0 Å². The highest BCUT2D eigenvalue weighted by atomic mass is 16.5. The Labute approximate surface area is 125 Å². The van der Waals surface area contributed by atoms with Crippen LogP contribution in [0.4, 0.5) is 0 Å². The Morgan fingerprint density at radius 1 is 1.29 bits per heavy atom. The van der Waals surface area contributed by atoms with Crippen LogP contribution in [0.1, 0.15) is 19.4 Å². The molecule has 1 heterocycles. The van der Waals surface area contributed by atoms with Crippen molar-refractivity contribution >= 4 is 5.91 Å². The number of ether oxygens (including phenoxy) is 1. The van der Waals surface area contributed by atoms with Crippen molar-refractivity contribution < 1.29 is 9.53 Å². The summed E-state index contributed by atoms with van der Waals surface area (Å²) in [7, 11) is 0. The van der Waals surface area contributed by atoms with Crippen LogP contribution in [-0.4, -0.2) is 54.5 Å². The molecule has 1 amide bonds. The molecule has 2 rings (SSSR count). The third-order valence-electron chi connectivity index (χ3n) is 3.76. The van der Waals surface area contributed by atoms with E-state index in [0.29, 0.717) is 17.4 Å². The fraction of sp³-hybridized carbons (Fsp3) is 0.500. The zero-order valence-electron chi connectivity index (χ0n) is 12.6. The summed E-state index contributed by atoms with van der Waals surface area (Å²) in [4.78, 5) is 16.3. The minimum atomic E-state index is -0.0221. The Balaban J connectivity index is 1.84. The van der Waals surface area contributed by atoms with Crippen molar-refractivity contribution in [3.05, 3.63) is 29.8 Å². The highest BCUT2D eigenvalue weighted by Gasteiger charge is 2.22. The van der Waals surface area contributed by atoms with Crippen LogP contribution in [0.25, 0.3) is 0 Å². The van der Waals surface area contributed by atoms with Gasteiger partial charge in [0.15, 0.2) is 6.61 Å².